The zero-order chi connectivity index (χ0) is 17.7. The molecule has 0 saturated carbocycles. The molecular formula is C18H19Cl2FN2O. The second-order valence-electron chi connectivity index (χ2n) is 5.80. The number of carbonyl (C=O) groups excluding carboxylic acids is 1. The Bertz CT molecular complexity index is 705. The number of halogens is 3. The van der Waals surface area contributed by atoms with Gasteiger partial charge in [-0.3, -0.25) is 4.79 Å². The van der Waals surface area contributed by atoms with Gasteiger partial charge in [0.15, 0.2) is 0 Å². The van der Waals surface area contributed by atoms with Gasteiger partial charge in [0.25, 0.3) is 5.91 Å². The maximum atomic E-state index is 13.2. The molecule has 0 aliphatic carbocycles. The van der Waals surface area contributed by atoms with Gasteiger partial charge in [-0.05, 0) is 63.0 Å². The lowest BCUT2D eigenvalue weighted by Crippen LogP contribution is -2.31. The zero-order valence-corrected chi connectivity index (χ0v) is 15.0. The van der Waals surface area contributed by atoms with Crippen LogP contribution in [0, 0.1) is 5.82 Å². The van der Waals surface area contributed by atoms with Crippen molar-refractivity contribution < 1.29 is 9.18 Å². The Morgan fingerprint density at radius 1 is 1.12 bits per heavy atom. The highest BCUT2D eigenvalue weighted by atomic mass is 35.5. The predicted octanol–water partition coefficient (Wildman–Crippen LogP) is 4.56. The van der Waals surface area contributed by atoms with Gasteiger partial charge < -0.3 is 10.2 Å². The first kappa shape index (κ1) is 18.7. The van der Waals surface area contributed by atoms with Gasteiger partial charge in [0, 0.05) is 5.56 Å². The molecule has 1 amide bonds. The maximum Gasteiger partial charge on any atom is 0.251 e. The number of nitrogens with zero attached hydrogens (tertiary/aromatic N) is 1. The molecule has 0 saturated heterocycles. The molecule has 0 aliphatic rings. The molecule has 0 bridgehead atoms. The first-order valence-electron chi connectivity index (χ1n) is 7.53. The molecule has 3 nitrogen and oxygen atoms in total. The van der Waals surface area contributed by atoms with E-state index in [1.165, 1.54) is 18.2 Å². The van der Waals surface area contributed by atoms with E-state index in [1.54, 1.807) is 24.3 Å². The van der Waals surface area contributed by atoms with Crippen LogP contribution < -0.4 is 5.32 Å². The van der Waals surface area contributed by atoms with E-state index >= 15 is 0 Å². The van der Waals surface area contributed by atoms with Gasteiger partial charge in [0.1, 0.15) is 5.82 Å². The minimum atomic E-state index is -0.305. The van der Waals surface area contributed by atoms with Crippen LogP contribution in [-0.4, -0.2) is 31.4 Å². The van der Waals surface area contributed by atoms with Crippen LogP contribution in [-0.2, 0) is 0 Å². The van der Waals surface area contributed by atoms with Crippen molar-refractivity contribution in [3.63, 3.8) is 0 Å². The fraction of sp³-hybridized carbons (Fsp3) is 0.278. The van der Waals surface area contributed by atoms with Crippen LogP contribution in [0.15, 0.2) is 42.5 Å². The Hall–Kier alpha value is -1.62. The molecule has 24 heavy (non-hydrogen) atoms. The average molecular weight is 369 g/mol. The molecule has 2 aromatic carbocycles. The molecular weight excluding hydrogens is 350 g/mol. The van der Waals surface area contributed by atoms with E-state index in [9.17, 15) is 9.18 Å². The summed E-state index contributed by atoms with van der Waals surface area (Å²) in [5.74, 6) is -0.553. The van der Waals surface area contributed by atoms with E-state index < -0.39 is 0 Å². The van der Waals surface area contributed by atoms with Crippen LogP contribution in [0.25, 0.3) is 0 Å². The van der Waals surface area contributed by atoms with Crippen molar-refractivity contribution in [2.24, 2.45) is 0 Å². The molecule has 6 heteroatoms. The highest BCUT2D eigenvalue weighted by Gasteiger charge is 2.17. The second kappa shape index (κ2) is 8.47. The van der Waals surface area contributed by atoms with Crippen molar-refractivity contribution in [3.8, 4) is 0 Å². The third-order valence-corrected chi connectivity index (χ3v) is 4.36. The molecule has 128 valence electrons. The SMILES string of the molecule is CN(C)CCC(NC(=O)c1ccc(Cl)c(Cl)c1)c1ccc(F)cc1. The summed E-state index contributed by atoms with van der Waals surface area (Å²) in [5.41, 5.74) is 1.29. The Balaban J connectivity index is 2.18. The molecule has 0 aliphatic heterocycles. The van der Waals surface area contributed by atoms with Gasteiger partial charge in [-0.25, -0.2) is 4.39 Å². The van der Waals surface area contributed by atoms with Crippen molar-refractivity contribution in [2.45, 2.75) is 12.5 Å². The second-order valence-corrected chi connectivity index (χ2v) is 6.61. The van der Waals surface area contributed by atoms with Crippen molar-refractivity contribution >= 4 is 29.1 Å². The number of nitrogens with one attached hydrogen (secondary N) is 1. The van der Waals surface area contributed by atoms with E-state index in [0.717, 1.165) is 12.1 Å². The van der Waals surface area contributed by atoms with E-state index in [1.807, 2.05) is 19.0 Å². The molecule has 2 rings (SSSR count). The largest absolute Gasteiger partial charge is 0.345 e. The average Bonchev–Trinajstić information content (AvgIpc) is 2.54. The smallest absolute Gasteiger partial charge is 0.251 e. The lowest BCUT2D eigenvalue weighted by molar-refractivity contribution is 0.0932. The van der Waals surface area contributed by atoms with E-state index in [4.69, 9.17) is 23.2 Å². The number of carbonyl (C=O) groups is 1. The van der Waals surface area contributed by atoms with Gasteiger partial charge in [-0.2, -0.15) is 0 Å². The van der Waals surface area contributed by atoms with Crippen molar-refractivity contribution in [2.75, 3.05) is 20.6 Å². The van der Waals surface area contributed by atoms with Crippen LogP contribution in [0.2, 0.25) is 10.0 Å². The highest BCUT2D eigenvalue weighted by Crippen LogP contribution is 2.24. The number of hydrogen-bond acceptors (Lipinski definition) is 2. The Kier molecular flexibility index (Phi) is 6.60. The number of rotatable bonds is 6. The minimum Gasteiger partial charge on any atom is -0.345 e. The van der Waals surface area contributed by atoms with E-state index in [2.05, 4.69) is 5.32 Å². The van der Waals surface area contributed by atoms with Gasteiger partial charge in [-0.15, -0.1) is 0 Å². The third-order valence-electron chi connectivity index (χ3n) is 3.62. The summed E-state index contributed by atoms with van der Waals surface area (Å²) in [6.45, 7) is 0.781. The Morgan fingerprint density at radius 3 is 2.38 bits per heavy atom. The molecule has 1 atom stereocenters. The number of amides is 1. The quantitative estimate of drug-likeness (QED) is 0.810. The summed E-state index contributed by atoms with van der Waals surface area (Å²) in [6.07, 6.45) is 0.700. The normalized spacial score (nSPS) is 12.2. The molecule has 0 spiro atoms. The standard InChI is InChI=1S/C18H19Cl2FN2O/c1-23(2)10-9-17(12-3-6-14(21)7-4-12)22-18(24)13-5-8-15(19)16(20)11-13/h3-8,11,17H,9-10H2,1-2H3,(H,22,24). The Morgan fingerprint density at radius 2 is 1.79 bits per heavy atom. The van der Waals surface area contributed by atoms with Gasteiger partial charge >= 0.3 is 0 Å². The maximum absolute atomic E-state index is 13.2. The van der Waals surface area contributed by atoms with E-state index in [-0.39, 0.29) is 17.8 Å². The van der Waals surface area contributed by atoms with Gasteiger partial charge in [0.05, 0.1) is 16.1 Å². The molecule has 1 unspecified atom stereocenters. The van der Waals surface area contributed by atoms with Crippen molar-refractivity contribution in [1.82, 2.24) is 10.2 Å². The third kappa shape index (κ3) is 5.20. The lowest BCUT2D eigenvalue weighted by Gasteiger charge is -2.21. The predicted molar refractivity (Wildman–Crippen MR) is 96.2 cm³/mol. The minimum absolute atomic E-state index is 0.227. The van der Waals surface area contributed by atoms with Crippen molar-refractivity contribution in [1.29, 1.82) is 0 Å². The molecule has 1 N–H and O–H groups in total. The topological polar surface area (TPSA) is 32.3 Å². The number of benzene rings is 2. The fourth-order valence-electron chi connectivity index (χ4n) is 2.28. The fourth-order valence-corrected chi connectivity index (χ4v) is 2.58. The lowest BCUT2D eigenvalue weighted by atomic mass is 10.0. The summed E-state index contributed by atoms with van der Waals surface area (Å²) in [7, 11) is 3.92. The van der Waals surface area contributed by atoms with Gasteiger partial charge in [0.2, 0.25) is 0 Å². The monoisotopic (exact) mass is 368 g/mol. The highest BCUT2D eigenvalue weighted by molar-refractivity contribution is 6.42. The first-order chi connectivity index (χ1) is 11.4. The summed E-state index contributed by atoms with van der Waals surface area (Å²) < 4.78 is 13.2. The van der Waals surface area contributed by atoms with Crippen LogP contribution in [0.1, 0.15) is 28.4 Å². The molecule has 0 aromatic heterocycles. The van der Waals surface area contributed by atoms with Crippen LogP contribution in [0.4, 0.5) is 4.39 Å². The van der Waals surface area contributed by atoms with E-state index in [0.29, 0.717) is 22.0 Å². The summed E-state index contributed by atoms with van der Waals surface area (Å²) >= 11 is 11.9. The summed E-state index contributed by atoms with van der Waals surface area (Å²) in [4.78, 5) is 14.5. The first-order valence-corrected chi connectivity index (χ1v) is 8.28. The van der Waals surface area contributed by atoms with Crippen LogP contribution >= 0.6 is 23.2 Å². The molecule has 0 heterocycles. The Labute approximate surface area is 151 Å². The zero-order valence-electron chi connectivity index (χ0n) is 13.5. The summed E-state index contributed by atoms with van der Waals surface area (Å²) in [6, 6.07) is 10.7. The van der Waals surface area contributed by atoms with Crippen molar-refractivity contribution in [3.05, 3.63) is 69.5 Å². The van der Waals surface area contributed by atoms with Gasteiger partial charge in [-0.1, -0.05) is 35.3 Å². The molecule has 2 aromatic rings. The van der Waals surface area contributed by atoms with Crippen LogP contribution in [0.3, 0.4) is 0 Å². The van der Waals surface area contributed by atoms with Crippen LogP contribution in [0.5, 0.6) is 0 Å². The summed E-state index contributed by atoms with van der Waals surface area (Å²) in [5, 5.41) is 3.71. The molecule has 0 fully saturated rings. The number of hydrogen-bond donors (Lipinski definition) is 1. The molecule has 0 radical (unpaired) electrons.